The van der Waals surface area contributed by atoms with E-state index in [9.17, 15) is 23.1 Å². The molecule has 0 bridgehead atoms. The Hall–Kier alpha value is -1.31. The first-order valence-electron chi connectivity index (χ1n) is 14.6. The van der Waals surface area contributed by atoms with Gasteiger partial charge in [-0.25, -0.2) is 0 Å². The molecule has 1 aliphatic carbocycles. The molecule has 1 saturated carbocycles. The third kappa shape index (κ3) is 9.71. The van der Waals surface area contributed by atoms with E-state index in [-0.39, 0.29) is 30.7 Å². The minimum atomic E-state index is -4.26. The maximum Gasteiger partial charge on any atom is 0.401 e. The number of nitrogens with one attached hydrogen (secondary N) is 1. The van der Waals surface area contributed by atoms with Gasteiger partial charge in [0.05, 0.1) is 12.1 Å². The summed E-state index contributed by atoms with van der Waals surface area (Å²) >= 11 is 6.29. The van der Waals surface area contributed by atoms with Crippen molar-refractivity contribution in [3.05, 3.63) is 34.9 Å². The molecule has 1 saturated heterocycles. The van der Waals surface area contributed by atoms with E-state index >= 15 is 0 Å². The molecule has 0 aromatic heterocycles. The summed E-state index contributed by atoms with van der Waals surface area (Å²) in [5, 5.41) is 15.2. The lowest BCUT2D eigenvalue weighted by atomic mass is 9.74. The van der Waals surface area contributed by atoms with E-state index in [0.29, 0.717) is 30.5 Å². The summed E-state index contributed by atoms with van der Waals surface area (Å²) in [4.78, 5) is 15.4. The van der Waals surface area contributed by atoms with Crippen molar-refractivity contribution in [3.8, 4) is 0 Å². The number of aliphatic hydroxyl groups is 1. The molecule has 0 unspecified atom stereocenters. The number of piperidine rings is 1. The van der Waals surface area contributed by atoms with Gasteiger partial charge in [0.2, 0.25) is 5.91 Å². The number of carbonyl (C=O) groups excluding carboxylic acids is 1. The molecule has 3 rings (SSSR count). The number of nitrogens with zero attached hydrogens (tertiary/aromatic N) is 1. The van der Waals surface area contributed by atoms with Crippen LogP contribution < -0.4 is 5.32 Å². The van der Waals surface area contributed by atoms with Gasteiger partial charge in [-0.1, -0.05) is 82.0 Å². The van der Waals surface area contributed by atoms with Crippen LogP contribution in [0.15, 0.2) is 24.3 Å². The number of alkyl halides is 3. The molecule has 1 aliphatic heterocycles. The van der Waals surface area contributed by atoms with Crippen LogP contribution in [0.5, 0.6) is 0 Å². The van der Waals surface area contributed by atoms with Gasteiger partial charge in [0, 0.05) is 30.5 Å². The van der Waals surface area contributed by atoms with Crippen molar-refractivity contribution >= 4 is 17.5 Å². The predicted molar refractivity (Wildman–Crippen MR) is 147 cm³/mol. The van der Waals surface area contributed by atoms with Gasteiger partial charge in [-0.05, 0) is 61.8 Å². The van der Waals surface area contributed by atoms with Gasteiger partial charge in [0.15, 0.2) is 0 Å². The molecule has 1 aromatic carbocycles. The molecule has 2 fully saturated rings. The highest BCUT2D eigenvalue weighted by atomic mass is 35.5. The van der Waals surface area contributed by atoms with Gasteiger partial charge in [-0.15, -0.1) is 0 Å². The Balaban J connectivity index is 1.69. The highest BCUT2D eigenvalue weighted by molar-refractivity contribution is 6.30. The van der Waals surface area contributed by atoms with Crippen LogP contribution in [0.25, 0.3) is 0 Å². The number of benzene rings is 1. The number of halogens is 4. The number of carbonyl (C=O) groups is 1. The van der Waals surface area contributed by atoms with Crippen molar-refractivity contribution in [1.82, 2.24) is 10.2 Å². The van der Waals surface area contributed by atoms with Crippen LogP contribution >= 0.6 is 11.6 Å². The first-order chi connectivity index (χ1) is 18.1. The third-order valence-electron chi connectivity index (χ3n) is 8.55. The second kappa shape index (κ2) is 14.9. The van der Waals surface area contributed by atoms with Gasteiger partial charge in [-0.2, -0.15) is 13.2 Å². The number of rotatable bonds is 13. The van der Waals surface area contributed by atoms with Crippen molar-refractivity contribution in [2.24, 2.45) is 17.8 Å². The zero-order chi connectivity index (χ0) is 27.6. The standard InChI is InChI=1S/C30H46ClF3N2O2/c1-2-3-7-15-29(38,25-12-8-14-27(31)19-25)26-13-9-16-36(21-26)28(37)18-24(20-35-22-30(32,33)34)17-23-10-5-4-6-11-23/h8,12,14,19,23-24,26,35,38H,2-7,9-11,13,15-18,20-22H2,1H3/t24-,26-,29-/m1/s1. The zero-order valence-electron chi connectivity index (χ0n) is 22.9. The molecular formula is C30H46ClF3N2O2. The quantitative estimate of drug-likeness (QED) is 0.247. The number of hydrogen-bond acceptors (Lipinski definition) is 3. The molecule has 38 heavy (non-hydrogen) atoms. The van der Waals surface area contributed by atoms with Gasteiger partial charge in [0.1, 0.15) is 0 Å². The minimum Gasteiger partial charge on any atom is -0.385 e. The summed E-state index contributed by atoms with van der Waals surface area (Å²) in [5.74, 6) is 0.238. The van der Waals surface area contributed by atoms with Crippen molar-refractivity contribution in [3.63, 3.8) is 0 Å². The largest absolute Gasteiger partial charge is 0.401 e. The number of likely N-dealkylation sites (tertiary alicyclic amines) is 1. The van der Waals surface area contributed by atoms with E-state index in [1.807, 2.05) is 23.1 Å². The first kappa shape index (κ1) is 31.2. The van der Waals surface area contributed by atoms with E-state index < -0.39 is 18.3 Å². The van der Waals surface area contributed by atoms with Gasteiger partial charge >= 0.3 is 6.18 Å². The Morgan fingerprint density at radius 1 is 1.16 bits per heavy atom. The Kier molecular flexibility index (Phi) is 12.2. The smallest absolute Gasteiger partial charge is 0.385 e. The summed E-state index contributed by atoms with van der Waals surface area (Å²) in [6, 6.07) is 7.41. The van der Waals surface area contributed by atoms with Gasteiger partial charge in [0.25, 0.3) is 0 Å². The molecule has 3 atom stereocenters. The highest BCUT2D eigenvalue weighted by Gasteiger charge is 2.41. The lowest BCUT2D eigenvalue weighted by molar-refractivity contribution is -0.138. The summed E-state index contributed by atoms with van der Waals surface area (Å²) < 4.78 is 38.3. The van der Waals surface area contributed by atoms with Gasteiger partial charge < -0.3 is 15.3 Å². The third-order valence-corrected chi connectivity index (χ3v) is 8.78. The fraction of sp³-hybridized carbons (Fsp3) is 0.767. The van der Waals surface area contributed by atoms with Crippen LogP contribution in [0.4, 0.5) is 13.2 Å². The van der Waals surface area contributed by atoms with Crippen molar-refractivity contribution < 1.29 is 23.1 Å². The van der Waals surface area contributed by atoms with E-state index in [0.717, 1.165) is 69.8 Å². The summed E-state index contributed by atoms with van der Waals surface area (Å²) in [6.45, 7) is 2.38. The summed E-state index contributed by atoms with van der Waals surface area (Å²) in [7, 11) is 0. The molecule has 0 radical (unpaired) electrons. The SMILES string of the molecule is CCCCC[C@@](O)(c1cccc(Cl)c1)[C@@H]1CCCN(C(=O)C[C@H](CNCC(F)(F)F)CC2CCCCC2)C1. The topological polar surface area (TPSA) is 52.6 Å². The second-order valence-electron chi connectivity index (χ2n) is 11.6. The maximum atomic E-state index is 13.5. The van der Waals surface area contributed by atoms with E-state index in [2.05, 4.69) is 12.2 Å². The fourth-order valence-electron chi connectivity index (χ4n) is 6.51. The van der Waals surface area contributed by atoms with Crippen LogP contribution in [-0.4, -0.2) is 48.3 Å². The van der Waals surface area contributed by atoms with E-state index in [1.54, 1.807) is 6.07 Å². The normalized spacial score (nSPS) is 21.7. The fourth-order valence-corrected chi connectivity index (χ4v) is 6.70. The van der Waals surface area contributed by atoms with Crippen molar-refractivity contribution in [2.75, 3.05) is 26.2 Å². The predicted octanol–water partition coefficient (Wildman–Crippen LogP) is 7.48. The molecule has 4 nitrogen and oxygen atoms in total. The van der Waals surface area contributed by atoms with Crippen LogP contribution in [0.2, 0.25) is 5.02 Å². The first-order valence-corrected chi connectivity index (χ1v) is 15.0. The molecule has 0 spiro atoms. The Morgan fingerprint density at radius 2 is 1.92 bits per heavy atom. The second-order valence-corrected chi connectivity index (χ2v) is 12.1. The van der Waals surface area contributed by atoms with Crippen LogP contribution in [0.1, 0.15) is 96.0 Å². The molecule has 1 amide bonds. The lowest BCUT2D eigenvalue weighted by Gasteiger charge is -2.43. The molecule has 216 valence electrons. The Bertz CT molecular complexity index is 862. The Morgan fingerprint density at radius 3 is 2.61 bits per heavy atom. The average Bonchev–Trinajstić information content (AvgIpc) is 2.88. The summed E-state index contributed by atoms with van der Waals surface area (Å²) in [5.41, 5.74) is -0.277. The number of hydrogen-bond donors (Lipinski definition) is 2. The monoisotopic (exact) mass is 558 g/mol. The molecule has 1 heterocycles. The van der Waals surface area contributed by atoms with E-state index in [1.165, 1.54) is 6.42 Å². The summed E-state index contributed by atoms with van der Waals surface area (Å²) in [6.07, 6.45) is 7.69. The average molecular weight is 559 g/mol. The minimum absolute atomic E-state index is 0.00804. The van der Waals surface area contributed by atoms with Gasteiger partial charge in [-0.3, -0.25) is 4.79 Å². The Labute approximate surface area is 231 Å². The number of amides is 1. The zero-order valence-corrected chi connectivity index (χ0v) is 23.6. The highest BCUT2D eigenvalue weighted by Crippen LogP contribution is 2.41. The van der Waals surface area contributed by atoms with Crippen LogP contribution in [0.3, 0.4) is 0 Å². The van der Waals surface area contributed by atoms with Crippen molar-refractivity contribution in [2.45, 2.75) is 102 Å². The number of unbranched alkanes of at least 4 members (excludes halogenated alkanes) is 2. The van der Waals surface area contributed by atoms with Crippen molar-refractivity contribution in [1.29, 1.82) is 0 Å². The molecule has 1 aromatic rings. The molecule has 2 aliphatic rings. The van der Waals surface area contributed by atoms with E-state index in [4.69, 9.17) is 11.6 Å². The molecule has 8 heteroatoms. The molecular weight excluding hydrogens is 513 g/mol. The lowest BCUT2D eigenvalue weighted by Crippen LogP contribution is -2.48. The van der Waals surface area contributed by atoms with Crippen LogP contribution in [0, 0.1) is 17.8 Å². The maximum absolute atomic E-state index is 13.5. The van der Waals surface area contributed by atoms with Crippen LogP contribution in [-0.2, 0) is 10.4 Å². The molecule has 2 N–H and O–H groups in total.